The van der Waals surface area contributed by atoms with Gasteiger partial charge in [-0.05, 0) is 49.7 Å². The number of fused-ring (bicyclic) bond motifs is 1. The molecule has 1 atom stereocenters. The van der Waals surface area contributed by atoms with Gasteiger partial charge in [-0.25, -0.2) is 0 Å². The smallest absolute Gasteiger partial charge is 0.222 e. The van der Waals surface area contributed by atoms with Gasteiger partial charge in [0.15, 0.2) is 0 Å². The van der Waals surface area contributed by atoms with Gasteiger partial charge in [0.05, 0.1) is 0 Å². The first-order valence-electron chi connectivity index (χ1n) is 10.8. The average molecular weight is 387 g/mol. The highest BCUT2D eigenvalue weighted by atomic mass is 16.5. The zero-order chi connectivity index (χ0) is 19.6. The fourth-order valence-corrected chi connectivity index (χ4v) is 5.06. The van der Waals surface area contributed by atoms with Crippen molar-refractivity contribution in [3.8, 4) is 5.75 Å². The standard InChI is InChI=1S/C23H34N2O3/c1-24(2)22(26)15-19-16-23(28-21-6-4-3-5-20(19)21)9-11-25(12-10-23)17-18-7-13-27-14-8-18/h3-6,18-19H,7-17H2,1-2H3/t19-/m1/s1. The van der Waals surface area contributed by atoms with Crippen LogP contribution in [0, 0.1) is 5.92 Å². The Balaban J connectivity index is 1.43. The maximum absolute atomic E-state index is 12.4. The van der Waals surface area contributed by atoms with Crippen LogP contribution in [0.4, 0.5) is 0 Å². The number of carbonyl (C=O) groups is 1. The summed E-state index contributed by atoms with van der Waals surface area (Å²) in [6.07, 6.45) is 6.02. The lowest BCUT2D eigenvalue weighted by Gasteiger charge is -2.47. The van der Waals surface area contributed by atoms with Crippen LogP contribution < -0.4 is 4.74 Å². The number of nitrogens with zero attached hydrogens (tertiary/aromatic N) is 2. The summed E-state index contributed by atoms with van der Waals surface area (Å²) in [4.78, 5) is 16.8. The third-order valence-corrected chi connectivity index (χ3v) is 6.85. The van der Waals surface area contributed by atoms with Crippen LogP contribution in [0.15, 0.2) is 24.3 Å². The van der Waals surface area contributed by atoms with Gasteiger partial charge >= 0.3 is 0 Å². The fraction of sp³-hybridized carbons (Fsp3) is 0.696. The SMILES string of the molecule is CN(C)C(=O)C[C@@H]1CC2(CCN(CC3CCOCC3)CC2)Oc2ccccc21. The molecule has 0 bridgehead atoms. The minimum atomic E-state index is -0.113. The summed E-state index contributed by atoms with van der Waals surface area (Å²) in [5.41, 5.74) is 1.09. The van der Waals surface area contributed by atoms with E-state index in [4.69, 9.17) is 9.47 Å². The molecule has 1 aromatic carbocycles. The number of para-hydroxylation sites is 1. The summed E-state index contributed by atoms with van der Waals surface area (Å²) in [5.74, 6) is 2.22. The largest absolute Gasteiger partial charge is 0.487 e. The van der Waals surface area contributed by atoms with E-state index >= 15 is 0 Å². The number of benzene rings is 1. The van der Waals surface area contributed by atoms with Gasteiger partial charge in [-0.15, -0.1) is 0 Å². The number of piperidine rings is 1. The van der Waals surface area contributed by atoms with E-state index < -0.39 is 0 Å². The number of hydrogen-bond acceptors (Lipinski definition) is 4. The second-order valence-corrected chi connectivity index (χ2v) is 9.07. The third kappa shape index (κ3) is 4.36. The highest BCUT2D eigenvalue weighted by Crippen LogP contribution is 2.46. The molecule has 3 heterocycles. The fourth-order valence-electron chi connectivity index (χ4n) is 5.06. The molecule has 0 radical (unpaired) electrons. The summed E-state index contributed by atoms with van der Waals surface area (Å²) in [5, 5.41) is 0. The van der Waals surface area contributed by atoms with Crippen LogP contribution in [0.1, 0.15) is 50.0 Å². The molecular weight excluding hydrogens is 352 g/mol. The second-order valence-electron chi connectivity index (χ2n) is 9.07. The Labute approximate surface area is 169 Å². The molecule has 0 unspecified atom stereocenters. The average Bonchev–Trinajstić information content (AvgIpc) is 2.70. The number of hydrogen-bond donors (Lipinski definition) is 0. The number of likely N-dealkylation sites (tertiary alicyclic amines) is 1. The minimum absolute atomic E-state index is 0.113. The second kappa shape index (κ2) is 8.42. The minimum Gasteiger partial charge on any atom is -0.487 e. The Bertz CT molecular complexity index is 676. The number of rotatable bonds is 4. The molecule has 5 nitrogen and oxygen atoms in total. The van der Waals surface area contributed by atoms with E-state index in [1.165, 1.54) is 24.9 Å². The van der Waals surface area contributed by atoms with Gasteiger partial charge in [0.2, 0.25) is 5.91 Å². The van der Waals surface area contributed by atoms with Gasteiger partial charge in [0.25, 0.3) is 0 Å². The molecule has 2 saturated heterocycles. The van der Waals surface area contributed by atoms with Crippen LogP contribution in [0.25, 0.3) is 0 Å². The van der Waals surface area contributed by atoms with E-state index in [0.29, 0.717) is 6.42 Å². The van der Waals surface area contributed by atoms with Crippen LogP contribution in [0.2, 0.25) is 0 Å². The van der Waals surface area contributed by atoms with Gasteiger partial charge in [-0.1, -0.05) is 18.2 Å². The normalized spacial score (nSPS) is 25.1. The molecule has 0 aromatic heterocycles. The van der Waals surface area contributed by atoms with E-state index in [1.54, 1.807) is 4.90 Å². The molecular formula is C23H34N2O3. The van der Waals surface area contributed by atoms with Gasteiger partial charge in [0.1, 0.15) is 11.4 Å². The van der Waals surface area contributed by atoms with Crippen molar-refractivity contribution in [3.63, 3.8) is 0 Å². The lowest BCUT2D eigenvalue weighted by atomic mass is 9.76. The number of carbonyl (C=O) groups excluding carboxylic acids is 1. The van der Waals surface area contributed by atoms with E-state index in [1.807, 2.05) is 20.2 Å². The predicted molar refractivity (Wildman–Crippen MR) is 110 cm³/mol. The Hall–Kier alpha value is -1.59. The van der Waals surface area contributed by atoms with Crippen LogP contribution in [0.5, 0.6) is 5.75 Å². The van der Waals surface area contributed by atoms with Crippen molar-refractivity contribution in [2.45, 2.75) is 50.0 Å². The van der Waals surface area contributed by atoms with Gasteiger partial charge < -0.3 is 19.3 Å². The van der Waals surface area contributed by atoms with Crippen LogP contribution in [-0.4, -0.2) is 68.3 Å². The van der Waals surface area contributed by atoms with E-state index in [9.17, 15) is 4.79 Å². The zero-order valence-corrected chi connectivity index (χ0v) is 17.4. The third-order valence-electron chi connectivity index (χ3n) is 6.85. The predicted octanol–water partition coefficient (Wildman–Crippen LogP) is 3.29. The van der Waals surface area contributed by atoms with Crippen molar-refractivity contribution in [1.82, 2.24) is 9.80 Å². The molecule has 1 spiro atoms. The molecule has 2 fully saturated rings. The summed E-state index contributed by atoms with van der Waals surface area (Å²) >= 11 is 0. The molecule has 3 aliphatic rings. The van der Waals surface area contributed by atoms with E-state index in [2.05, 4.69) is 23.1 Å². The van der Waals surface area contributed by atoms with Gasteiger partial charge in [-0.2, -0.15) is 0 Å². The monoisotopic (exact) mass is 386 g/mol. The first-order chi connectivity index (χ1) is 13.5. The Morgan fingerprint density at radius 2 is 1.89 bits per heavy atom. The Morgan fingerprint density at radius 3 is 2.61 bits per heavy atom. The summed E-state index contributed by atoms with van der Waals surface area (Å²) in [6.45, 7) is 5.22. The maximum Gasteiger partial charge on any atom is 0.222 e. The van der Waals surface area contributed by atoms with E-state index in [-0.39, 0.29) is 17.4 Å². The molecule has 154 valence electrons. The molecule has 0 N–H and O–H groups in total. The van der Waals surface area contributed by atoms with Gasteiger partial charge in [-0.3, -0.25) is 4.79 Å². The first kappa shape index (κ1) is 19.7. The molecule has 1 amide bonds. The lowest BCUT2D eigenvalue weighted by molar-refractivity contribution is -0.129. The molecule has 0 aliphatic carbocycles. The Kier molecular flexibility index (Phi) is 5.93. The van der Waals surface area contributed by atoms with Crippen LogP contribution >= 0.6 is 0 Å². The lowest BCUT2D eigenvalue weighted by Crippen LogP contribution is -2.51. The highest BCUT2D eigenvalue weighted by molar-refractivity contribution is 5.76. The van der Waals surface area contributed by atoms with Crippen molar-refractivity contribution in [1.29, 1.82) is 0 Å². The summed E-state index contributed by atoms with van der Waals surface area (Å²) in [6, 6.07) is 8.32. The summed E-state index contributed by atoms with van der Waals surface area (Å²) in [7, 11) is 3.69. The number of ether oxygens (including phenoxy) is 2. The zero-order valence-electron chi connectivity index (χ0n) is 17.4. The summed E-state index contributed by atoms with van der Waals surface area (Å²) < 4.78 is 12.1. The van der Waals surface area contributed by atoms with Gasteiger partial charge in [0, 0.05) is 59.3 Å². The molecule has 0 saturated carbocycles. The number of amides is 1. The van der Waals surface area contributed by atoms with Crippen LogP contribution in [-0.2, 0) is 9.53 Å². The van der Waals surface area contributed by atoms with E-state index in [0.717, 1.165) is 57.2 Å². The molecule has 28 heavy (non-hydrogen) atoms. The maximum atomic E-state index is 12.4. The Morgan fingerprint density at radius 1 is 1.18 bits per heavy atom. The van der Waals surface area contributed by atoms with Crippen molar-refractivity contribution in [3.05, 3.63) is 29.8 Å². The molecule has 4 rings (SSSR count). The quantitative estimate of drug-likeness (QED) is 0.796. The first-order valence-corrected chi connectivity index (χ1v) is 10.8. The molecule has 1 aromatic rings. The molecule has 5 heteroatoms. The van der Waals surface area contributed by atoms with Crippen molar-refractivity contribution >= 4 is 5.91 Å². The topological polar surface area (TPSA) is 42.0 Å². The van der Waals surface area contributed by atoms with Crippen molar-refractivity contribution in [2.24, 2.45) is 5.92 Å². The highest BCUT2D eigenvalue weighted by Gasteiger charge is 2.43. The van der Waals surface area contributed by atoms with Crippen LogP contribution in [0.3, 0.4) is 0 Å². The van der Waals surface area contributed by atoms with Crippen molar-refractivity contribution < 1.29 is 14.3 Å². The van der Waals surface area contributed by atoms with Crippen molar-refractivity contribution in [2.75, 3.05) is 46.9 Å². The molecule has 3 aliphatic heterocycles.